The fourth-order valence-electron chi connectivity index (χ4n) is 3.12. The van der Waals surface area contributed by atoms with Crippen LogP contribution in [-0.2, 0) is 32.2 Å². The minimum absolute atomic E-state index is 0.0214. The number of hydrogen-bond donors (Lipinski definition) is 7. The average molecular weight is 493 g/mol. The number of aliphatic hydroxyl groups excluding tert-OH is 1. The van der Waals surface area contributed by atoms with E-state index in [2.05, 4.69) is 20.9 Å². The van der Waals surface area contributed by atoms with Crippen molar-refractivity contribution in [3.8, 4) is 5.75 Å². The molecule has 1 aromatic heterocycles. The highest BCUT2D eigenvalue weighted by molar-refractivity contribution is 7.15. The number of nitrogens with zero attached hydrogens (tertiary/aromatic N) is 1. The number of phenols is 1. The van der Waals surface area contributed by atoms with E-state index in [1.54, 1.807) is 12.1 Å². The minimum atomic E-state index is -1.85. The van der Waals surface area contributed by atoms with Crippen LogP contribution < -0.4 is 27.4 Å². The number of amides is 4. The van der Waals surface area contributed by atoms with Crippen LogP contribution in [0, 0.1) is 5.92 Å². The number of aromatic nitrogens is 1. The van der Waals surface area contributed by atoms with Crippen LogP contribution >= 0.6 is 11.3 Å². The monoisotopic (exact) mass is 492 g/mol. The molecule has 0 radical (unpaired) electrons. The number of aliphatic hydroxyl groups is 1. The van der Waals surface area contributed by atoms with Gasteiger partial charge in [0.1, 0.15) is 17.3 Å². The third-order valence-electron chi connectivity index (χ3n) is 5.19. The Labute approximate surface area is 199 Å². The number of carbonyl (C=O) groups excluding carboxylic acids is 4. The molecule has 34 heavy (non-hydrogen) atoms. The van der Waals surface area contributed by atoms with Gasteiger partial charge in [-0.2, -0.15) is 0 Å². The van der Waals surface area contributed by atoms with Crippen LogP contribution in [0.25, 0.3) is 0 Å². The predicted octanol–water partition coefficient (Wildman–Crippen LogP) is -1.04. The summed E-state index contributed by atoms with van der Waals surface area (Å²) in [6.07, 6.45) is 1.45. The number of aromatic hydroxyl groups is 1. The largest absolute Gasteiger partial charge is 0.508 e. The van der Waals surface area contributed by atoms with E-state index in [4.69, 9.17) is 16.6 Å². The van der Waals surface area contributed by atoms with Gasteiger partial charge in [0.25, 0.3) is 0 Å². The first-order valence-corrected chi connectivity index (χ1v) is 11.1. The summed E-state index contributed by atoms with van der Waals surface area (Å²) < 4.78 is 0. The fraction of sp³-hybridized carbons (Fsp3) is 0.381. The molecule has 13 heteroatoms. The molecule has 0 aliphatic heterocycles. The molecule has 3 atom stereocenters. The molecule has 0 saturated heterocycles. The number of carbonyl (C=O) groups is 4. The van der Waals surface area contributed by atoms with E-state index in [0.717, 1.165) is 0 Å². The number of rotatable bonds is 12. The molecule has 1 aromatic carbocycles. The van der Waals surface area contributed by atoms with Crippen LogP contribution in [0.15, 0.2) is 30.5 Å². The van der Waals surface area contributed by atoms with E-state index < -0.39 is 41.1 Å². The molecule has 4 amide bonds. The van der Waals surface area contributed by atoms with Gasteiger partial charge in [-0.15, -0.1) is 0 Å². The van der Waals surface area contributed by atoms with E-state index in [0.29, 0.717) is 15.6 Å². The maximum absolute atomic E-state index is 12.8. The molecule has 0 saturated carbocycles. The maximum atomic E-state index is 12.8. The Bertz CT molecular complexity index is 1040. The number of nitrogens with one attached hydrogen (secondary N) is 3. The lowest BCUT2D eigenvalue weighted by Crippen LogP contribution is -2.65. The van der Waals surface area contributed by atoms with Gasteiger partial charge in [-0.3, -0.25) is 19.2 Å². The molecular formula is C21H28N6O6S. The zero-order valence-electron chi connectivity index (χ0n) is 18.7. The lowest BCUT2D eigenvalue weighted by molar-refractivity contribution is -0.139. The Kier molecular flexibility index (Phi) is 8.92. The molecule has 0 aliphatic rings. The summed E-state index contributed by atoms with van der Waals surface area (Å²) in [5, 5.41) is 26.6. The Balaban J connectivity index is 2.05. The Hall–Kier alpha value is -3.71. The zero-order valence-corrected chi connectivity index (χ0v) is 19.5. The number of thiazole rings is 1. The molecule has 0 bridgehead atoms. The fourth-order valence-corrected chi connectivity index (χ4v) is 3.79. The first-order valence-electron chi connectivity index (χ1n) is 10.2. The molecular weight excluding hydrogens is 464 g/mol. The van der Waals surface area contributed by atoms with Crippen LogP contribution in [0.2, 0.25) is 0 Å². The van der Waals surface area contributed by atoms with Crippen LogP contribution in [0.3, 0.4) is 0 Å². The Morgan fingerprint density at radius 2 is 1.82 bits per heavy atom. The highest BCUT2D eigenvalue weighted by atomic mass is 32.1. The Morgan fingerprint density at radius 1 is 1.18 bits per heavy atom. The molecule has 1 heterocycles. The van der Waals surface area contributed by atoms with E-state index in [9.17, 15) is 24.3 Å². The van der Waals surface area contributed by atoms with Gasteiger partial charge in [0.05, 0.1) is 23.9 Å². The summed E-state index contributed by atoms with van der Waals surface area (Å²) in [5.74, 6) is -4.29. The molecule has 2 rings (SSSR count). The minimum Gasteiger partial charge on any atom is -0.508 e. The lowest BCUT2D eigenvalue weighted by Gasteiger charge is -2.35. The number of benzene rings is 1. The molecule has 2 aromatic rings. The van der Waals surface area contributed by atoms with Gasteiger partial charge in [-0.05, 0) is 38.0 Å². The van der Waals surface area contributed by atoms with E-state index in [1.165, 1.54) is 43.5 Å². The summed E-state index contributed by atoms with van der Waals surface area (Å²) in [6.45, 7) is 2.34. The van der Waals surface area contributed by atoms with Gasteiger partial charge in [-0.25, -0.2) is 4.98 Å². The highest BCUT2D eigenvalue weighted by Gasteiger charge is 2.45. The number of primary amides is 2. The van der Waals surface area contributed by atoms with Crippen molar-refractivity contribution in [2.75, 3.05) is 11.9 Å². The lowest BCUT2D eigenvalue weighted by atomic mass is 9.79. The molecule has 9 N–H and O–H groups in total. The summed E-state index contributed by atoms with van der Waals surface area (Å²) in [6, 6.07) is 4.86. The molecule has 0 fully saturated rings. The van der Waals surface area contributed by atoms with Gasteiger partial charge >= 0.3 is 0 Å². The van der Waals surface area contributed by atoms with Crippen molar-refractivity contribution >= 4 is 40.1 Å². The second-order valence-electron chi connectivity index (χ2n) is 7.81. The van der Waals surface area contributed by atoms with E-state index in [-0.39, 0.29) is 25.3 Å². The zero-order chi connectivity index (χ0) is 25.5. The van der Waals surface area contributed by atoms with Crippen LogP contribution in [0.1, 0.15) is 24.3 Å². The van der Waals surface area contributed by atoms with Crippen molar-refractivity contribution < 1.29 is 29.4 Å². The van der Waals surface area contributed by atoms with Gasteiger partial charge in [-0.1, -0.05) is 23.5 Å². The summed E-state index contributed by atoms with van der Waals surface area (Å²) in [4.78, 5) is 54.1. The van der Waals surface area contributed by atoms with Gasteiger partial charge in [0.15, 0.2) is 5.13 Å². The number of nitrogens with two attached hydrogens (primary N) is 2. The van der Waals surface area contributed by atoms with Crippen molar-refractivity contribution in [3.63, 3.8) is 0 Å². The average Bonchev–Trinajstić information content (AvgIpc) is 3.24. The number of anilines is 1. The van der Waals surface area contributed by atoms with Gasteiger partial charge < -0.3 is 37.6 Å². The SMILES string of the molecule is C[C@H](NC(=O)CNc1ncc(CO)s1)C(=O)NC(C)(C(N)=O)[C@H](Cc1ccc(O)cc1)C(N)=O. The first kappa shape index (κ1) is 26.5. The quantitative estimate of drug-likeness (QED) is 0.194. The number of phenolic OH excluding ortho intramolecular Hbond substituents is 1. The highest BCUT2D eigenvalue weighted by Crippen LogP contribution is 2.23. The van der Waals surface area contributed by atoms with E-state index >= 15 is 0 Å². The molecule has 0 aliphatic carbocycles. The van der Waals surface area contributed by atoms with Crippen molar-refractivity contribution in [2.45, 2.75) is 38.5 Å². The standard InChI is InChI=1S/C21H28N6O6S/c1-11(26-16(30)9-25-20-24-8-14(10-28)34-20)18(32)27-21(2,19(23)33)15(17(22)31)7-12-3-5-13(29)6-4-12/h3-6,8,11,15,28-29H,7,9-10H2,1-2H3,(H2,22,31)(H2,23,33)(H,24,25)(H,26,30)(H,27,32)/t11-,15+,21?/m0/s1. The van der Waals surface area contributed by atoms with Gasteiger partial charge in [0.2, 0.25) is 23.6 Å². The smallest absolute Gasteiger partial charge is 0.243 e. The third kappa shape index (κ3) is 6.89. The second kappa shape index (κ2) is 11.4. The van der Waals surface area contributed by atoms with Crippen LogP contribution in [0.4, 0.5) is 5.13 Å². The Morgan fingerprint density at radius 3 is 2.35 bits per heavy atom. The summed E-state index contributed by atoms with van der Waals surface area (Å²) in [7, 11) is 0. The first-order chi connectivity index (χ1) is 16.0. The maximum Gasteiger partial charge on any atom is 0.243 e. The second-order valence-corrected chi connectivity index (χ2v) is 8.93. The van der Waals surface area contributed by atoms with Crippen molar-refractivity contribution in [2.24, 2.45) is 17.4 Å². The molecule has 1 unspecified atom stereocenters. The third-order valence-corrected chi connectivity index (χ3v) is 6.13. The summed E-state index contributed by atoms with van der Waals surface area (Å²) in [5.41, 5.74) is 9.81. The van der Waals surface area contributed by atoms with Gasteiger partial charge in [0, 0.05) is 6.20 Å². The van der Waals surface area contributed by atoms with Crippen molar-refractivity contribution in [1.82, 2.24) is 15.6 Å². The predicted molar refractivity (Wildman–Crippen MR) is 124 cm³/mol. The van der Waals surface area contributed by atoms with Crippen LogP contribution in [0.5, 0.6) is 5.75 Å². The van der Waals surface area contributed by atoms with Crippen molar-refractivity contribution in [3.05, 3.63) is 40.9 Å². The van der Waals surface area contributed by atoms with Crippen molar-refractivity contribution in [1.29, 1.82) is 0 Å². The molecule has 0 spiro atoms. The van der Waals surface area contributed by atoms with E-state index in [1.807, 2.05) is 0 Å². The molecule has 184 valence electrons. The normalized spacial score (nSPS) is 14.3. The molecule has 12 nitrogen and oxygen atoms in total. The number of hydrogen-bond acceptors (Lipinski definition) is 9. The van der Waals surface area contributed by atoms with Crippen LogP contribution in [-0.4, -0.2) is 57.0 Å². The summed E-state index contributed by atoms with van der Waals surface area (Å²) >= 11 is 1.18. The topological polar surface area (TPSA) is 210 Å².